The lowest BCUT2D eigenvalue weighted by Crippen LogP contribution is -2.00. The van der Waals surface area contributed by atoms with Crippen molar-refractivity contribution in [2.45, 2.75) is 0 Å². The van der Waals surface area contributed by atoms with E-state index in [1.807, 2.05) is 18.2 Å². The third kappa shape index (κ3) is 2.45. The van der Waals surface area contributed by atoms with E-state index in [1.165, 1.54) is 18.5 Å². The predicted octanol–water partition coefficient (Wildman–Crippen LogP) is 3.00. The fourth-order valence-corrected chi connectivity index (χ4v) is 1.65. The predicted molar refractivity (Wildman–Crippen MR) is 71.4 cm³/mol. The Labute approximate surface area is 104 Å². The topological polar surface area (TPSA) is 60.8 Å². The van der Waals surface area contributed by atoms with Gasteiger partial charge in [0.15, 0.2) is 0 Å². The third-order valence-corrected chi connectivity index (χ3v) is 2.53. The number of aromatic nitrogens is 1. The van der Waals surface area contributed by atoms with Crippen molar-refractivity contribution < 1.29 is 4.39 Å². The molecule has 0 radical (unpaired) electrons. The first-order valence-corrected chi connectivity index (χ1v) is 5.44. The van der Waals surface area contributed by atoms with Crippen LogP contribution >= 0.6 is 0 Å². The molecule has 0 atom stereocenters. The van der Waals surface area contributed by atoms with Gasteiger partial charge >= 0.3 is 0 Å². The lowest BCUT2D eigenvalue weighted by molar-refractivity contribution is 0.584. The molecule has 1 aromatic heterocycles. The van der Waals surface area contributed by atoms with E-state index < -0.39 is 5.95 Å². The fourth-order valence-electron chi connectivity index (χ4n) is 1.65. The Balaban J connectivity index is 2.34. The number of halogens is 1. The van der Waals surface area contributed by atoms with Crippen LogP contribution in [0.1, 0.15) is 5.56 Å². The van der Waals surface area contributed by atoms with Gasteiger partial charge in [-0.1, -0.05) is 6.07 Å². The molecule has 18 heavy (non-hydrogen) atoms. The molecule has 0 unspecified atom stereocenters. The van der Waals surface area contributed by atoms with Crippen LogP contribution in [0.4, 0.5) is 21.5 Å². The number of anilines is 3. The summed E-state index contributed by atoms with van der Waals surface area (Å²) in [6.45, 7) is 0. The van der Waals surface area contributed by atoms with Gasteiger partial charge in [0.2, 0.25) is 5.95 Å². The van der Waals surface area contributed by atoms with E-state index in [4.69, 9.17) is 5.41 Å². The molecular weight excluding hydrogens is 231 g/mol. The average Bonchev–Trinajstić information content (AvgIpc) is 2.41. The highest BCUT2D eigenvalue weighted by Crippen LogP contribution is 2.25. The highest BCUT2D eigenvalue weighted by molar-refractivity contribution is 5.94. The van der Waals surface area contributed by atoms with Gasteiger partial charge in [-0.2, -0.15) is 4.39 Å². The van der Waals surface area contributed by atoms with E-state index in [-0.39, 0.29) is 0 Å². The quantitative estimate of drug-likeness (QED) is 0.572. The highest BCUT2D eigenvalue weighted by atomic mass is 19.1. The summed E-state index contributed by atoms with van der Waals surface area (Å²) in [5.41, 5.74) is 3.03. The summed E-state index contributed by atoms with van der Waals surface area (Å²) < 4.78 is 12.7. The minimum absolute atomic E-state index is 0.517. The van der Waals surface area contributed by atoms with Crippen LogP contribution in [0, 0.1) is 11.4 Å². The summed E-state index contributed by atoms with van der Waals surface area (Å²) in [7, 11) is 1.80. The van der Waals surface area contributed by atoms with Gasteiger partial charge in [-0.3, -0.25) is 0 Å². The van der Waals surface area contributed by atoms with Crippen LogP contribution < -0.4 is 10.6 Å². The third-order valence-electron chi connectivity index (χ3n) is 2.53. The van der Waals surface area contributed by atoms with Crippen LogP contribution in [-0.2, 0) is 0 Å². The van der Waals surface area contributed by atoms with E-state index in [0.717, 1.165) is 16.9 Å². The van der Waals surface area contributed by atoms with Crippen LogP contribution in [0.2, 0.25) is 0 Å². The van der Waals surface area contributed by atoms with E-state index >= 15 is 0 Å². The molecular formula is C13H13FN4. The molecule has 1 aromatic carbocycles. The zero-order chi connectivity index (χ0) is 13.0. The number of benzene rings is 1. The molecule has 0 bridgehead atoms. The number of nitrogens with one attached hydrogen (secondary N) is 3. The number of hydrogen-bond acceptors (Lipinski definition) is 4. The first-order chi connectivity index (χ1) is 8.74. The van der Waals surface area contributed by atoms with E-state index in [2.05, 4.69) is 15.6 Å². The summed E-state index contributed by atoms with van der Waals surface area (Å²) in [6.07, 6.45) is 2.68. The molecule has 0 aliphatic rings. The second-order valence-electron chi connectivity index (χ2n) is 3.66. The minimum Gasteiger partial charge on any atom is -0.388 e. The SMILES string of the molecule is CNc1cccc(Nc2ccc(F)nc2)c1C=N. The van der Waals surface area contributed by atoms with Crippen molar-refractivity contribution >= 4 is 23.3 Å². The number of pyridine rings is 1. The van der Waals surface area contributed by atoms with Crippen molar-refractivity contribution in [1.29, 1.82) is 5.41 Å². The van der Waals surface area contributed by atoms with E-state index in [0.29, 0.717) is 5.69 Å². The molecule has 0 aliphatic heterocycles. The Kier molecular flexibility index (Phi) is 3.52. The second-order valence-corrected chi connectivity index (χ2v) is 3.66. The van der Waals surface area contributed by atoms with E-state index in [1.54, 1.807) is 13.1 Å². The lowest BCUT2D eigenvalue weighted by atomic mass is 10.1. The zero-order valence-corrected chi connectivity index (χ0v) is 9.87. The summed E-state index contributed by atoms with van der Waals surface area (Å²) in [4.78, 5) is 3.57. The standard InChI is InChI=1S/C13H13FN4/c1-16-11-3-2-4-12(10(11)7-15)18-9-5-6-13(14)17-8-9/h2-8,15-16,18H,1H3. The molecule has 92 valence electrons. The molecule has 0 saturated heterocycles. The van der Waals surface area contributed by atoms with Crippen LogP contribution in [0.15, 0.2) is 36.5 Å². The summed E-state index contributed by atoms with van der Waals surface area (Å²) in [6, 6.07) is 8.49. The number of nitrogens with zero attached hydrogens (tertiary/aromatic N) is 1. The van der Waals surface area contributed by atoms with Crippen LogP contribution in [0.25, 0.3) is 0 Å². The van der Waals surface area contributed by atoms with Gasteiger partial charge in [-0.25, -0.2) is 4.98 Å². The van der Waals surface area contributed by atoms with Crippen LogP contribution in [0.3, 0.4) is 0 Å². The monoisotopic (exact) mass is 244 g/mol. The second kappa shape index (κ2) is 5.27. The molecule has 0 saturated carbocycles. The van der Waals surface area contributed by atoms with Crippen LogP contribution in [-0.4, -0.2) is 18.2 Å². The Hall–Kier alpha value is -2.43. The summed E-state index contributed by atoms with van der Waals surface area (Å²) >= 11 is 0. The van der Waals surface area contributed by atoms with Crippen molar-refractivity contribution in [3.63, 3.8) is 0 Å². The fraction of sp³-hybridized carbons (Fsp3) is 0.0769. The zero-order valence-electron chi connectivity index (χ0n) is 9.87. The normalized spacial score (nSPS) is 9.89. The molecule has 3 N–H and O–H groups in total. The average molecular weight is 244 g/mol. The number of rotatable bonds is 4. The van der Waals surface area contributed by atoms with Gasteiger partial charge in [-0.15, -0.1) is 0 Å². The van der Waals surface area contributed by atoms with Gasteiger partial charge in [0.05, 0.1) is 11.9 Å². The smallest absolute Gasteiger partial charge is 0.212 e. The van der Waals surface area contributed by atoms with Crippen molar-refractivity contribution in [2.24, 2.45) is 0 Å². The van der Waals surface area contributed by atoms with Crippen molar-refractivity contribution in [1.82, 2.24) is 4.98 Å². The molecule has 1 heterocycles. The largest absolute Gasteiger partial charge is 0.388 e. The Morgan fingerprint density at radius 1 is 1.22 bits per heavy atom. The lowest BCUT2D eigenvalue weighted by Gasteiger charge is -2.12. The number of hydrogen-bond donors (Lipinski definition) is 3. The Morgan fingerprint density at radius 3 is 2.61 bits per heavy atom. The molecule has 0 amide bonds. The van der Waals surface area contributed by atoms with Gasteiger partial charge < -0.3 is 16.0 Å². The molecule has 0 aliphatic carbocycles. The molecule has 5 heteroatoms. The van der Waals surface area contributed by atoms with Crippen molar-refractivity contribution in [3.8, 4) is 0 Å². The molecule has 0 spiro atoms. The molecule has 2 rings (SSSR count). The van der Waals surface area contributed by atoms with Crippen LogP contribution in [0.5, 0.6) is 0 Å². The Bertz CT molecular complexity index is 551. The first kappa shape index (κ1) is 12.0. The minimum atomic E-state index is -0.517. The maximum Gasteiger partial charge on any atom is 0.212 e. The molecule has 4 nitrogen and oxygen atoms in total. The first-order valence-electron chi connectivity index (χ1n) is 5.44. The summed E-state index contributed by atoms with van der Waals surface area (Å²) in [5, 5.41) is 13.6. The van der Waals surface area contributed by atoms with Crippen molar-refractivity contribution in [3.05, 3.63) is 48.0 Å². The van der Waals surface area contributed by atoms with Gasteiger partial charge in [0, 0.05) is 30.2 Å². The van der Waals surface area contributed by atoms with Gasteiger partial charge in [0.1, 0.15) is 0 Å². The maximum absolute atomic E-state index is 12.7. The van der Waals surface area contributed by atoms with Gasteiger partial charge in [0.25, 0.3) is 0 Å². The van der Waals surface area contributed by atoms with Gasteiger partial charge in [-0.05, 0) is 24.3 Å². The summed E-state index contributed by atoms with van der Waals surface area (Å²) in [5.74, 6) is -0.517. The highest BCUT2D eigenvalue weighted by Gasteiger charge is 2.05. The van der Waals surface area contributed by atoms with Crippen molar-refractivity contribution in [2.75, 3.05) is 17.7 Å². The van der Waals surface area contributed by atoms with E-state index in [9.17, 15) is 4.39 Å². The Morgan fingerprint density at radius 2 is 2.00 bits per heavy atom. The molecule has 0 fully saturated rings. The maximum atomic E-state index is 12.7. The molecule has 2 aromatic rings.